The molecular weight excluding hydrogens is 376 g/mol. The maximum absolute atomic E-state index is 12.7. The van der Waals surface area contributed by atoms with Gasteiger partial charge in [0.1, 0.15) is 0 Å². The van der Waals surface area contributed by atoms with E-state index in [0.29, 0.717) is 6.54 Å². The summed E-state index contributed by atoms with van der Waals surface area (Å²) in [6.07, 6.45) is 5.13. The van der Waals surface area contributed by atoms with Crippen molar-refractivity contribution in [2.24, 2.45) is 0 Å². The minimum Gasteiger partial charge on any atom is -0.380 e. The highest BCUT2D eigenvalue weighted by Gasteiger charge is 2.21. The number of benzene rings is 2. The van der Waals surface area contributed by atoms with Gasteiger partial charge in [-0.25, -0.2) is 13.4 Å². The van der Waals surface area contributed by atoms with Crippen molar-refractivity contribution in [3.05, 3.63) is 70.7 Å². The lowest BCUT2D eigenvalue weighted by Gasteiger charge is -2.06. The first-order chi connectivity index (χ1) is 13.0. The second-order valence-electron chi connectivity index (χ2n) is 6.56. The maximum atomic E-state index is 12.7. The quantitative estimate of drug-likeness (QED) is 0.562. The third-order valence-electron chi connectivity index (χ3n) is 4.33. The summed E-state index contributed by atoms with van der Waals surface area (Å²) in [5, 5.41) is 3.33. The number of nitrogens with zero attached hydrogens (tertiary/aromatic N) is 1. The number of nitrogens with one attached hydrogen (secondary N) is 1. The summed E-state index contributed by atoms with van der Waals surface area (Å²) >= 11 is 1.21. The Hall–Kier alpha value is -2.18. The molecule has 0 bridgehead atoms. The molecule has 0 fully saturated rings. The molecule has 142 valence electrons. The molecule has 0 aliphatic rings. The van der Waals surface area contributed by atoms with Crippen molar-refractivity contribution in [3.63, 3.8) is 0 Å². The molecule has 1 heterocycles. The fourth-order valence-corrected chi connectivity index (χ4v) is 5.19. The lowest BCUT2D eigenvalue weighted by Crippen LogP contribution is -2.01. The average molecular weight is 401 g/mol. The van der Waals surface area contributed by atoms with Crippen LogP contribution < -0.4 is 5.32 Å². The number of unbranched alkanes of at least 4 members (excludes halogenated alkanes) is 1. The first-order valence-corrected chi connectivity index (χ1v) is 11.4. The number of sulfone groups is 1. The van der Waals surface area contributed by atoms with Crippen LogP contribution in [0.25, 0.3) is 0 Å². The van der Waals surface area contributed by atoms with Gasteiger partial charge in [0.2, 0.25) is 14.2 Å². The topological polar surface area (TPSA) is 59.1 Å². The molecule has 4 nitrogen and oxygen atoms in total. The molecule has 0 atom stereocenters. The second-order valence-corrected chi connectivity index (χ2v) is 9.80. The highest BCUT2D eigenvalue weighted by atomic mass is 32.2. The van der Waals surface area contributed by atoms with E-state index >= 15 is 0 Å². The molecule has 6 heteroatoms. The molecule has 0 unspecified atom stereocenters. The van der Waals surface area contributed by atoms with E-state index in [4.69, 9.17) is 0 Å². The van der Waals surface area contributed by atoms with Crippen molar-refractivity contribution >= 4 is 26.9 Å². The third kappa shape index (κ3) is 4.96. The average Bonchev–Trinajstić information content (AvgIpc) is 3.16. The standard InChI is InChI=1S/C21H24N2O2S2/c1-3-4-5-17-8-10-18(11-9-17)22-14-19-15-23-21(26-19)27(24,25)20-12-6-16(2)7-13-20/h6-13,15,22H,3-5,14H2,1-2H3. The van der Waals surface area contributed by atoms with Gasteiger partial charge >= 0.3 is 0 Å². The molecule has 0 radical (unpaired) electrons. The third-order valence-corrected chi connectivity index (χ3v) is 7.49. The lowest BCUT2D eigenvalue weighted by molar-refractivity contribution is 0.595. The van der Waals surface area contributed by atoms with Crippen LogP contribution in [0.3, 0.4) is 0 Å². The van der Waals surface area contributed by atoms with Crippen molar-refractivity contribution < 1.29 is 8.42 Å². The zero-order valence-electron chi connectivity index (χ0n) is 15.6. The minimum atomic E-state index is -3.55. The SMILES string of the molecule is CCCCc1ccc(NCc2cnc(S(=O)(=O)c3ccc(C)cc3)s2)cc1. The Morgan fingerprint density at radius 3 is 2.41 bits per heavy atom. The van der Waals surface area contributed by atoms with Crippen molar-refractivity contribution in [3.8, 4) is 0 Å². The minimum absolute atomic E-state index is 0.137. The molecule has 2 aromatic carbocycles. The Bertz CT molecular complexity index is 976. The van der Waals surface area contributed by atoms with E-state index < -0.39 is 9.84 Å². The monoisotopic (exact) mass is 400 g/mol. The Labute approximate surface area is 165 Å². The summed E-state index contributed by atoms with van der Waals surface area (Å²) in [6, 6.07) is 15.3. The van der Waals surface area contributed by atoms with Crippen LogP contribution in [-0.2, 0) is 22.8 Å². The van der Waals surface area contributed by atoms with Crippen LogP contribution in [0.4, 0.5) is 5.69 Å². The highest BCUT2D eigenvalue weighted by Crippen LogP contribution is 2.26. The van der Waals surface area contributed by atoms with Gasteiger partial charge in [-0.15, -0.1) is 11.3 Å². The van der Waals surface area contributed by atoms with E-state index in [0.717, 1.165) is 22.5 Å². The van der Waals surface area contributed by atoms with E-state index in [2.05, 4.69) is 41.5 Å². The summed E-state index contributed by atoms with van der Waals surface area (Å²) in [4.78, 5) is 5.30. The van der Waals surface area contributed by atoms with E-state index in [1.54, 1.807) is 30.5 Å². The van der Waals surface area contributed by atoms with Gasteiger partial charge in [0.05, 0.1) is 11.4 Å². The van der Waals surface area contributed by atoms with Gasteiger partial charge in [0, 0.05) is 16.8 Å². The van der Waals surface area contributed by atoms with Gasteiger partial charge in [-0.3, -0.25) is 0 Å². The molecule has 0 aliphatic carbocycles. The molecule has 3 aromatic rings. The smallest absolute Gasteiger partial charge is 0.233 e. The van der Waals surface area contributed by atoms with Crippen LogP contribution in [0.1, 0.15) is 35.8 Å². The summed E-state index contributed by atoms with van der Waals surface area (Å²) < 4.78 is 25.5. The maximum Gasteiger partial charge on any atom is 0.233 e. The molecular formula is C21H24N2O2S2. The predicted octanol–water partition coefficient (Wildman–Crippen LogP) is 5.24. The Morgan fingerprint density at radius 1 is 1.04 bits per heavy atom. The largest absolute Gasteiger partial charge is 0.380 e. The Kier molecular flexibility index (Phi) is 6.29. The zero-order valence-corrected chi connectivity index (χ0v) is 17.2. The number of aryl methyl sites for hydroxylation is 2. The van der Waals surface area contributed by atoms with Gasteiger partial charge in [0.15, 0.2) is 0 Å². The van der Waals surface area contributed by atoms with E-state index in [-0.39, 0.29) is 9.24 Å². The summed E-state index contributed by atoms with van der Waals surface area (Å²) in [5.74, 6) is 0. The van der Waals surface area contributed by atoms with Crippen molar-refractivity contribution in [2.75, 3.05) is 5.32 Å². The lowest BCUT2D eigenvalue weighted by atomic mass is 10.1. The van der Waals surface area contributed by atoms with Gasteiger partial charge in [-0.2, -0.15) is 0 Å². The molecule has 1 aromatic heterocycles. The van der Waals surface area contributed by atoms with E-state index in [1.807, 2.05) is 6.92 Å². The number of anilines is 1. The van der Waals surface area contributed by atoms with Gasteiger partial charge in [0.25, 0.3) is 0 Å². The van der Waals surface area contributed by atoms with Crippen molar-refractivity contribution in [1.29, 1.82) is 0 Å². The highest BCUT2D eigenvalue weighted by molar-refractivity contribution is 7.93. The number of thiazole rings is 1. The normalized spacial score (nSPS) is 11.5. The first-order valence-electron chi connectivity index (χ1n) is 9.08. The molecule has 0 amide bonds. The first kappa shape index (κ1) is 19.6. The predicted molar refractivity (Wildman–Crippen MR) is 111 cm³/mol. The number of aromatic nitrogens is 1. The molecule has 0 saturated carbocycles. The molecule has 0 saturated heterocycles. The van der Waals surface area contributed by atoms with Crippen LogP contribution in [-0.4, -0.2) is 13.4 Å². The molecule has 0 spiro atoms. The van der Waals surface area contributed by atoms with Crippen LogP contribution in [0.5, 0.6) is 0 Å². The summed E-state index contributed by atoms with van der Waals surface area (Å²) in [7, 11) is -3.55. The van der Waals surface area contributed by atoms with Crippen LogP contribution >= 0.6 is 11.3 Å². The zero-order chi connectivity index (χ0) is 19.3. The van der Waals surface area contributed by atoms with Crippen molar-refractivity contribution in [2.45, 2.75) is 48.9 Å². The number of rotatable bonds is 8. The van der Waals surface area contributed by atoms with E-state index in [1.165, 1.54) is 29.7 Å². The molecule has 3 rings (SSSR count). The van der Waals surface area contributed by atoms with E-state index in [9.17, 15) is 8.42 Å². The second kappa shape index (κ2) is 8.67. The fourth-order valence-electron chi connectivity index (χ4n) is 2.67. The summed E-state index contributed by atoms with van der Waals surface area (Å²) in [5.41, 5.74) is 3.39. The van der Waals surface area contributed by atoms with Crippen LogP contribution in [0, 0.1) is 6.92 Å². The number of hydrogen-bond donors (Lipinski definition) is 1. The van der Waals surface area contributed by atoms with Crippen LogP contribution in [0.15, 0.2) is 64.0 Å². The molecule has 0 aliphatic heterocycles. The van der Waals surface area contributed by atoms with Gasteiger partial charge in [-0.05, 0) is 49.6 Å². The Balaban J connectivity index is 1.65. The molecule has 27 heavy (non-hydrogen) atoms. The van der Waals surface area contributed by atoms with Gasteiger partial charge < -0.3 is 5.32 Å². The Morgan fingerprint density at radius 2 is 1.74 bits per heavy atom. The van der Waals surface area contributed by atoms with Crippen molar-refractivity contribution in [1.82, 2.24) is 4.98 Å². The number of hydrogen-bond acceptors (Lipinski definition) is 5. The van der Waals surface area contributed by atoms with Gasteiger partial charge in [-0.1, -0.05) is 43.2 Å². The fraction of sp³-hybridized carbons (Fsp3) is 0.286. The van der Waals surface area contributed by atoms with Crippen LogP contribution in [0.2, 0.25) is 0 Å². The summed E-state index contributed by atoms with van der Waals surface area (Å²) in [6.45, 7) is 4.67. The molecule has 1 N–H and O–H groups in total.